The third kappa shape index (κ3) is 5.05. The first-order chi connectivity index (χ1) is 8.53. The van der Waals surface area contributed by atoms with E-state index in [0.29, 0.717) is 0 Å². The van der Waals surface area contributed by atoms with Crippen LogP contribution in [0.3, 0.4) is 0 Å². The molecule has 1 heterocycles. The molecule has 0 saturated heterocycles. The molecule has 1 N–H and O–H groups in total. The summed E-state index contributed by atoms with van der Waals surface area (Å²) in [6.45, 7) is 8.09. The van der Waals surface area contributed by atoms with Gasteiger partial charge in [0.15, 0.2) is 0 Å². The van der Waals surface area contributed by atoms with Crippen molar-refractivity contribution in [1.82, 2.24) is 10.3 Å². The van der Waals surface area contributed by atoms with Gasteiger partial charge in [-0.1, -0.05) is 12.8 Å². The molecule has 0 radical (unpaired) electrons. The Kier molecular flexibility index (Phi) is 4.23. The molecule has 1 fully saturated rings. The van der Waals surface area contributed by atoms with E-state index in [1.165, 1.54) is 19.3 Å². The Bertz CT molecular complexity index is 363. The quantitative estimate of drug-likeness (QED) is 0.839. The summed E-state index contributed by atoms with van der Waals surface area (Å²) in [4.78, 5) is 4.41. The van der Waals surface area contributed by atoms with Crippen molar-refractivity contribution in [1.29, 1.82) is 0 Å². The zero-order chi connectivity index (χ0) is 13.0. The normalized spacial score (nSPS) is 15.7. The third-order valence-electron chi connectivity index (χ3n) is 3.09. The van der Waals surface area contributed by atoms with Crippen molar-refractivity contribution in [2.75, 3.05) is 6.61 Å². The van der Waals surface area contributed by atoms with Gasteiger partial charge < -0.3 is 10.1 Å². The van der Waals surface area contributed by atoms with E-state index in [-0.39, 0.29) is 5.54 Å². The maximum absolute atomic E-state index is 5.67. The molecule has 3 nitrogen and oxygen atoms in total. The summed E-state index contributed by atoms with van der Waals surface area (Å²) >= 11 is 0. The molecule has 1 saturated carbocycles. The summed E-state index contributed by atoms with van der Waals surface area (Å²) in [5.41, 5.74) is 1.18. The van der Waals surface area contributed by atoms with Crippen molar-refractivity contribution in [3.8, 4) is 5.75 Å². The zero-order valence-electron chi connectivity index (χ0n) is 11.7. The third-order valence-corrected chi connectivity index (χ3v) is 3.09. The smallest absolute Gasteiger partial charge is 0.137 e. The van der Waals surface area contributed by atoms with Crippen molar-refractivity contribution < 1.29 is 4.74 Å². The molecule has 3 heteroatoms. The van der Waals surface area contributed by atoms with Gasteiger partial charge in [0.05, 0.1) is 18.5 Å². The van der Waals surface area contributed by atoms with Gasteiger partial charge in [-0.15, -0.1) is 0 Å². The molecule has 0 unspecified atom stereocenters. The van der Waals surface area contributed by atoms with Gasteiger partial charge in [0.2, 0.25) is 0 Å². The van der Waals surface area contributed by atoms with Crippen LogP contribution in [0, 0.1) is 5.92 Å². The monoisotopic (exact) mass is 248 g/mol. The fourth-order valence-electron chi connectivity index (χ4n) is 1.71. The van der Waals surface area contributed by atoms with E-state index in [2.05, 4.69) is 31.1 Å². The van der Waals surface area contributed by atoms with Gasteiger partial charge in [0, 0.05) is 12.1 Å². The summed E-state index contributed by atoms with van der Waals surface area (Å²) < 4.78 is 5.67. The lowest BCUT2D eigenvalue weighted by Gasteiger charge is -2.20. The second kappa shape index (κ2) is 5.70. The van der Waals surface area contributed by atoms with Crippen LogP contribution in [-0.4, -0.2) is 17.1 Å². The van der Waals surface area contributed by atoms with E-state index in [0.717, 1.165) is 30.5 Å². The van der Waals surface area contributed by atoms with Crippen LogP contribution in [0.2, 0.25) is 0 Å². The van der Waals surface area contributed by atoms with Crippen LogP contribution >= 0.6 is 0 Å². The van der Waals surface area contributed by atoms with Crippen LogP contribution in [0.4, 0.5) is 0 Å². The highest BCUT2D eigenvalue weighted by Gasteiger charge is 2.20. The van der Waals surface area contributed by atoms with Crippen molar-refractivity contribution >= 4 is 0 Å². The number of nitrogens with zero attached hydrogens (tertiary/aromatic N) is 1. The van der Waals surface area contributed by atoms with Crippen LogP contribution < -0.4 is 10.1 Å². The molecule has 0 aromatic carbocycles. The first-order valence-corrected chi connectivity index (χ1v) is 6.86. The maximum atomic E-state index is 5.67. The van der Waals surface area contributed by atoms with E-state index >= 15 is 0 Å². The average Bonchev–Trinajstić information content (AvgIpc) is 3.11. The highest BCUT2D eigenvalue weighted by Crippen LogP contribution is 2.32. The van der Waals surface area contributed by atoms with Gasteiger partial charge in [-0.2, -0.15) is 0 Å². The molecule has 18 heavy (non-hydrogen) atoms. The predicted molar refractivity (Wildman–Crippen MR) is 73.7 cm³/mol. The zero-order valence-corrected chi connectivity index (χ0v) is 11.7. The van der Waals surface area contributed by atoms with Gasteiger partial charge >= 0.3 is 0 Å². The minimum Gasteiger partial charge on any atom is -0.492 e. The first kappa shape index (κ1) is 13.3. The second-order valence-corrected chi connectivity index (χ2v) is 6.17. The molecule has 0 aliphatic heterocycles. The van der Waals surface area contributed by atoms with E-state index in [9.17, 15) is 0 Å². The molecule has 0 atom stereocenters. The molecule has 2 rings (SSSR count). The Morgan fingerprint density at radius 2 is 2.11 bits per heavy atom. The highest BCUT2D eigenvalue weighted by molar-refractivity contribution is 5.19. The molecule has 0 amide bonds. The van der Waals surface area contributed by atoms with Gasteiger partial charge in [0.1, 0.15) is 5.75 Å². The van der Waals surface area contributed by atoms with Crippen molar-refractivity contribution in [3.63, 3.8) is 0 Å². The molecule has 1 aliphatic rings. The van der Waals surface area contributed by atoms with Crippen LogP contribution in [0.1, 0.15) is 45.7 Å². The Balaban J connectivity index is 1.73. The first-order valence-electron chi connectivity index (χ1n) is 6.86. The number of ether oxygens (including phenoxy) is 1. The molecular formula is C15H24N2O. The average molecular weight is 248 g/mol. The number of aromatic nitrogens is 1. The van der Waals surface area contributed by atoms with Crippen LogP contribution in [-0.2, 0) is 6.54 Å². The van der Waals surface area contributed by atoms with Crippen LogP contribution in [0.15, 0.2) is 18.3 Å². The van der Waals surface area contributed by atoms with Gasteiger partial charge in [-0.3, -0.25) is 4.98 Å². The maximum Gasteiger partial charge on any atom is 0.137 e. The van der Waals surface area contributed by atoms with Crippen LogP contribution in [0.5, 0.6) is 5.75 Å². The summed E-state index contributed by atoms with van der Waals surface area (Å²) in [7, 11) is 0. The largest absolute Gasteiger partial charge is 0.492 e. The number of hydrogen-bond acceptors (Lipinski definition) is 3. The summed E-state index contributed by atoms with van der Waals surface area (Å²) in [5, 5.41) is 3.42. The fourth-order valence-corrected chi connectivity index (χ4v) is 1.71. The number of pyridine rings is 1. The van der Waals surface area contributed by atoms with Gasteiger partial charge in [-0.25, -0.2) is 0 Å². The van der Waals surface area contributed by atoms with E-state index < -0.39 is 0 Å². The van der Waals surface area contributed by atoms with Gasteiger partial charge in [0.25, 0.3) is 0 Å². The summed E-state index contributed by atoms with van der Waals surface area (Å²) in [5.74, 6) is 1.81. The van der Waals surface area contributed by atoms with E-state index in [1.54, 1.807) is 0 Å². The Morgan fingerprint density at radius 3 is 2.67 bits per heavy atom. The highest BCUT2D eigenvalue weighted by atomic mass is 16.5. The van der Waals surface area contributed by atoms with Crippen molar-refractivity contribution in [2.45, 2.75) is 52.1 Å². The standard InChI is InChI=1S/C15H24N2O/c1-15(2,3)17-10-13-6-7-14(11-16-13)18-9-8-12-4-5-12/h6-7,11-12,17H,4-5,8-10H2,1-3H3. The molecule has 1 aliphatic carbocycles. The Labute approximate surface area is 110 Å². The Morgan fingerprint density at radius 1 is 1.33 bits per heavy atom. The molecule has 1 aromatic rings. The van der Waals surface area contributed by atoms with E-state index in [4.69, 9.17) is 4.74 Å². The summed E-state index contributed by atoms with van der Waals surface area (Å²) in [6.07, 6.45) is 5.79. The molecule has 100 valence electrons. The lowest BCUT2D eigenvalue weighted by molar-refractivity contribution is 0.301. The number of hydrogen-bond donors (Lipinski definition) is 1. The molecule has 1 aromatic heterocycles. The minimum absolute atomic E-state index is 0.126. The lowest BCUT2D eigenvalue weighted by Crippen LogP contribution is -2.35. The SMILES string of the molecule is CC(C)(C)NCc1ccc(OCCC2CC2)cn1. The van der Waals surface area contributed by atoms with Crippen molar-refractivity contribution in [2.24, 2.45) is 5.92 Å². The lowest BCUT2D eigenvalue weighted by atomic mass is 10.1. The number of rotatable bonds is 6. The molecular weight excluding hydrogens is 224 g/mol. The number of nitrogens with one attached hydrogen (secondary N) is 1. The van der Waals surface area contributed by atoms with Crippen molar-refractivity contribution in [3.05, 3.63) is 24.0 Å². The van der Waals surface area contributed by atoms with Gasteiger partial charge in [-0.05, 0) is 45.2 Å². The van der Waals surface area contributed by atoms with Crippen LogP contribution in [0.25, 0.3) is 0 Å². The fraction of sp³-hybridized carbons (Fsp3) is 0.667. The minimum atomic E-state index is 0.126. The topological polar surface area (TPSA) is 34.1 Å². The molecule has 0 bridgehead atoms. The molecule has 0 spiro atoms. The summed E-state index contributed by atoms with van der Waals surface area (Å²) in [6, 6.07) is 4.05. The predicted octanol–water partition coefficient (Wildman–Crippen LogP) is 3.15. The Hall–Kier alpha value is -1.09. The second-order valence-electron chi connectivity index (χ2n) is 6.17. The van der Waals surface area contributed by atoms with E-state index in [1.807, 2.05) is 18.3 Å².